The van der Waals surface area contributed by atoms with Crippen molar-refractivity contribution in [3.63, 3.8) is 0 Å². The molecule has 2 saturated heterocycles. The number of fused-ring (bicyclic) bond motifs is 3. The molecule has 0 unspecified atom stereocenters. The molecular weight excluding hydrogens is 517 g/mol. The molecule has 1 aromatic heterocycles. The standard InChI is InChI=1S/C29H35ClN5O2P/c1-18-4-11-26(27(12-18)38(2,3)36)33-28-25(30)15-31-29(34-28)32-21-8-5-19-6-9-22(10-7-20(19)13-21)35-16-24-14-23(35)17-37-24/h4-5,8,11-13,15,22-24H,6-7,9-10,14,16-17H2,1-3H3,(H2,31,32,33,34)/t22-,23+,24+/m1/s1. The van der Waals surface area contributed by atoms with Crippen LogP contribution in [0.5, 0.6) is 0 Å². The zero-order chi connectivity index (χ0) is 26.4. The number of halogens is 1. The molecule has 3 heterocycles. The molecule has 6 rings (SSSR count). The number of nitrogens with one attached hydrogen (secondary N) is 2. The lowest BCUT2D eigenvalue weighted by molar-refractivity contribution is 0.00854. The lowest BCUT2D eigenvalue weighted by Gasteiger charge is -2.34. The summed E-state index contributed by atoms with van der Waals surface area (Å²) < 4.78 is 18.7. The first-order chi connectivity index (χ1) is 18.2. The minimum Gasteiger partial charge on any atom is -0.375 e. The van der Waals surface area contributed by atoms with Crippen LogP contribution in [0.3, 0.4) is 0 Å². The predicted molar refractivity (Wildman–Crippen MR) is 156 cm³/mol. The number of likely N-dealkylation sites (tertiary alicyclic amines) is 1. The maximum absolute atomic E-state index is 12.9. The minimum absolute atomic E-state index is 0.401. The van der Waals surface area contributed by atoms with Gasteiger partial charge in [0.2, 0.25) is 5.95 Å². The number of hydrogen-bond donors (Lipinski definition) is 2. The molecule has 3 aliphatic rings. The fourth-order valence-electron chi connectivity index (χ4n) is 6.14. The third kappa shape index (κ3) is 5.35. The first-order valence-electron chi connectivity index (χ1n) is 13.4. The molecule has 0 spiro atoms. The van der Waals surface area contributed by atoms with Crippen molar-refractivity contribution in [2.75, 3.05) is 37.1 Å². The van der Waals surface area contributed by atoms with Gasteiger partial charge in [0.25, 0.3) is 0 Å². The fourth-order valence-corrected chi connectivity index (χ4v) is 7.51. The molecule has 0 radical (unpaired) electrons. The van der Waals surface area contributed by atoms with E-state index in [1.807, 2.05) is 25.1 Å². The number of nitrogens with zero attached hydrogens (tertiary/aromatic N) is 3. The summed E-state index contributed by atoms with van der Waals surface area (Å²) in [6.45, 7) is 7.54. The van der Waals surface area contributed by atoms with Gasteiger partial charge in [-0.15, -0.1) is 0 Å². The highest BCUT2D eigenvalue weighted by molar-refractivity contribution is 7.70. The van der Waals surface area contributed by atoms with E-state index >= 15 is 0 Å². The van der Waals surface area contributed by atoms with Gasteiger partial charge in [0.15, 0.2) is 5.82 Å². The van der Waals surface area contributed by atoms with Crippen LogP contribution >= 0.6 is 18.7 Å². The quantitative estimate of drug-likeness (QED) is 0.292. The van der Waals surface area contributed by atoms with Crippen molar-refractivity contribution in [1.82, 2.24) is 14.9 Å². The van der Waals surface area contributed by atoms with E-state index in [0.29, 0.717) is 35.0 Å². The van der Waals surface area contributed by atoms with Crippen LogP contribution < -0.4 is 15.9 Å². The van der Waals surface area contributed by atoms with Gasteiger partial charge in [-0.3, -0.25) is 4.90 Å². The van der Waals surface area contributed by atoms with Gasteiger partial charge in [0, 0.05) is 29.6 Å². The predicted octanol–water partition coefficient (Wildman–Crippen LogP) is 5.89. The highest BCUT2D eigenvalue weighted by Crippen LogP contribution is 2.39. The zero-order valence-corrected chi connectivity index (χ0v) is 23.9. The number of aryl methyl sites for hydroxylation is 3. The smallest absolute Gasteiger partial charge is 0.229 e. The molecule has 2 aliphatic heterocycles. The second-order valence-corrected chi connectivity index (χ2v) is 14.9. The lowest BCUT2D eigenvalue weighted by atomic mass is 10.0. The Hall–Kier alpha value is -2.44. The van der Waals surface area contributed by atoms with Gasteiger partial charge in [0.05, 0.1) is 24.6 Å². The molecule has 3 aromatic rings. The van der Waals surface area contributed by atoms with Crippen LogP contribution in [0.2, 0.25) is 5.02 Å². The Morgan fingerprint density at radius 2 is 1.87 bits per heavy atom. The number of ether oxygens (including phenoxy) is 1. The van der Waals surface area contributed by atoms with Gasteiger partial charge in [-0.05, 0) is 87.7 Å². The summed E-state index contributed by atoms with van der Waals surface area (Å²) in [5.74, 6) is 0.936. The van der Waals surface area contributed by atoms with Crippen molar-refractivity contribution in [2.45, 2.75) is 57.2 Å². The van der Waals surface area contributed by atoms with Crippen molar-refractivity contribution in [3.05, 3.63) is 64.3 Å². The maximum atomic E-state index is 12.9. The number of hydrogen-bond acceptors (Lipinski definition) is 7. The Kier molecular flexibility index (Phi) is 6.98. The molecule has 0 saturated carbocycles. The summed E-state index contributed by atoms with van der Waals surface area (Å²) in [7, 11) is -2.51. The summed E-state index contributed by atoms with van der Waals surface area (Å²) >= 11 is 6.45. The first-order valence-corrected chi connectivity index (χ1v) is 16.4. The molecule has 2 aromatic carbocycles. The van der Waals surface area contributed by atoms with E-state index in [9.17, 15) is 4.57 Å². The van der Waals surface area contributed by atoms with Gasteiger partial charge in [-0.2, -0.15) is 4.98 Å². The molecule has 200 valence electrons. The second kappa shape index (κ2) is 10.3. The minimum atomic E-state index is -2.51. The van der Waals surface area contributed by atoms with Crippen LogP contribution in [0.25, 0.3) is 0 Å². The third-order valence-corrected chi connectivity index (χ3v) is 9.91. The highest BCUT2D eigenvalue weighted by atomic mass is 35.5. The largest absolute Gasteiger partial charge is 0.375 e. The van der Waals surface area contributed by atoms with Crippen LogP contribution in [0.1, 0.15) is 36.0 Å². The topological polar surface area (TPSA) is 79.4 Å². The van der Waals surface area contributed by atoms with E-state index in [-0.39, 0.29) is 0 Å². The Morgan fingerprint density at radius 3 is 2.61 bits per heavy atom. The molecule has 3 atom stereocenters. The van der Waals surface area contributed by atoms with Crippen molar-refractivity contribution in [1.29, 1.82) is 0 Å². The lowest BCUT2D eigenvalue weighted by Crippen LogP contribution is -2.44. The molecule has 2 N–H and O–H groups in total. The van der Waals surface area contributed by atoms with E-state index in [2.05, 4.69) is 43.7 Å². The van der Waals surface area contributed by atoms with Crippen LogP contribution in [-0.4, -0.2) is 59.5 Å². The van der Waals surface area contributed by atoms with Crippen molar-refractivity contribution in [2.24, 2.45) is 0 Å². The van der Waals surface area contributed by atoms with Gasteiger partial charge in [0.1, 0.15) is 12.2 Å². The van der Waals surface area contributed by atoms with Crippen LogP contribution in [-0.2, 0) is 22.1 Å². The van der Waals surface area contributed by atoms with Gasteiger partial charge in [-0.1, -0.05) is 29.3 Å². The van der Waals surface area contributed by atoms with Gasteiger partial charge >= 0.3 is 0 Å². The average Bonchev–Trinajstić information content (AvgIpc) is 3.45. The van der Waals surface area contributed by atoms with Crippen molar-refractivity contribution < 1.29 is 9.30 Å². The van der Waals surface area contributed by atoms with Crippen LogP contribution in [0.4, 0.5) is 23.1 Å². The van der Waals surface area contributed by atoms with Gasteiger partial charge in [-0.25, -0.2) is 4.98 Å². The molecule has 0 amide bonds. The number of anilines is 4. The molecule has 1 aliphatic carbocycles. The summed E-state index contributed by atoms with van der Waals surface area (Å²) in [6.07, 6.45) is 7.82. The molecule has 38 heavy (non-hydrogen) atoms. The van der Waals surface area contributed by atoms with Crippen LogP contribution in [0.15, 0.2) is 42.6 Å². The number of benzene rings is 2. The van der Waals surface area contributed by atoms with E-state index in [1.54, 1.807) is 19.5 Å². The summed E-state index contributed by atoms with van der Waals surface area (Å²) in [5.41, 5.74) is 5.60. The normalized spacial score (nSPS) is 23.2. The molecule has 7 nitrogen and oxygen atoms in total. The first kappa shape index (κ1) is 25.8. The molecule has 2 fully saturated rings. The van der Waals surface area contributed by atoms with Crippen molar-refractivity contribution >= 4 is 47.2 Å². The van der Waals surface area contributed by atoms with Gasteiger partial charge < -0.3 is 19.9 Å². The molecular formula is C29H35ClN5O2P. The average molecular weight is 552 g/mol. The highest BCUT2D eigenvalue weighted by Gasteiger charge is 2.42. The Morgan fingerprint density at radius 1 is 1.05 bits per heavy atom. The SMILES string of the molecule is Cc1ccc(Nc2nc(Nc3ccc4c(c3)CC[C@H](N3C[C@@H]5C[C@H]3CO5)CC4)ncc2Cl)c(P(C)(C)=O)c1. The molecule has 9 heteroatoms. The Labute approximate surface area is 229 Å². The van der Waals surface area contributed by atoms with Crippen LogP contribution in [0, 0.1) is 6.92 Å². The van der Waals surface area contributed by atoms with E-state index < -0.39 is 7.14 Å². The summed E-state index contributed by atoms with van der Waals surface area (Å²) in [5, 5.41) is 7.84. The Balaban J connectivity index is 1.18. The summed E-state index contributed by atoms with van der Waals surface area (Å²) in [6, 6.07) is 13.7. The number of morpholine rings is 1. The van der Waals surface area contributed by atoms with E-state index in [4.69, 9.17) is 16.3 Å². The van der Waals surface area contributed by atoms with E-state index in [1.165, 1.54) is 30.4 Å². The monoisotopic (exact) mass is 551 g/mol. The third-order valence-electron chi connectivity index (χ3n) is 8.10. The number of rotatable bonds is 6. The second-order valence-electron chi connectivity index (χ2n) is 11.3. The van der Waals surface area contributed by atoms with E-state index in [0.717, 1.165) is 48.2 Å². The Bertz CT molecular complexity index is 1410. The summed E-state index contributed by atoms with van der Waals surface area (Å²) in [4.78, 5) is 11.8. The fraction of sp³-hybridized carbons (Fsp3) is 0.448. The van der Waals surface area contributed by atoms with Crippen molar-refractivity contribution in [3.8, 4) is 0 Å². The molecule has 2 bridgehead atoms. The number of aromatic nitrogens is 2. The maximum Gasteiger partial charge on any atom is 0.229 e. The zero-order valence-electron chi connectivity index (χ0n) is 22.2.